The molecule has 4 rings (SSSR count). The summed E-state index contributed by atoms with van der Waals surface area (Å²) in [6.45, 7) is 7.38. The summed E-state index contributed by atoms with van der Waals surface area (Å²) in [5.74, 6) is -4.28. The Bertz CT molecular complexity index is 2430. The predicted octanol–water partition coefficient (Wildman–Crippen LogP) is 1.75. The smallest absolute Gasteiger partial charge is 0.550 e. The van der Waals surface area contributed by atoms with Crippen LogP contribution in [0.2, 0.25) is 0 Å². The Morgan fingerprint density at radius 2 is 0.910 bits per heavy atom. The molecule has 360 valence electrons. The third-order valence-corrected chi connectivity index (χ3v) is 11.9. The summed E-state index contributed by atoms with van der Waals surface area (Å²) in [6, 6.07) is 10.9. The molecule has 67 heavy (non-hydrogen) atoms. The minimum absolute atomic E-state index is 0. The van der Waals surface area contributed by atoms with E-state index in [0.29, 0.717) is 45.0 Å². The first-order valence-corrected chi connectivity index (χ1v) is 24.0. The molecule has 0 aliphatic rings. The minimum Gasteiger partial charge on any atom is -0.550 e. The van der Waals surface area contributed by atoms with Crippen molar-refractivity contribution in [2.75, 3.05) is 35.2 Å². The average Bonchev–Trinajstić information content (AvgIpc) is 3.20. The van der Waals surface area contributed by atoms with Crippen LogP contribution in [-0.4, -0.2) is 158 Å². The molecular weight excluding hydrogens is 947 g/mol. The number of hydrogen-bond acceptors (Lipinski definition) is 16. The van der Waals surface area contributed by atoms with E-state index in [4.69, 9.17) is 0 Å². The van der Waals surface area contributed by atoms with Crippen LogP contribution in [0.1, 0.15) is 87.7 Å². The van der Waals surface area contributed by atoms with E-state index in [1.54, 1.807) is 0 Å². The molecule has 0 aliphatic heterocycles. The molecule has 23 heteroatoms. The number of aliphatic carboxylic acids is 2. The normalized spacial score (nSPS) is 13.7. The third kappa shape index (κ3) is 18.1. The number of rotatable bonds is 20. The Balaban J connectivity index is 0.000000453. The summed E-state index contributed by atoms with van der Waals surface area (Å²) in [5, 5.41) is 61.1. The number of aliphatic hydroxyl groups is 4. The van der Waals surface area contributed by atoms with Crippen molar-refractivity contribution in [3.05, 3.63) is 94.8 Å². The molecule has 2 heterocycles. The predicted molar refractivity (Wildman–Crippen MR) is 246 cm³/mol. The number of carboxylic acids is 2. The van der Waals surface area contributed by atoms with Crippen molar-refractivity contribution in [3.8, 4) is 22.5 Å². The molecule has 0 radical (unpaired) electrons. The van der Waals surface area contributed by atoms with Crippen LogP contribution in [0.25, 0.3) is 34.7 Å². The second kappa shape index (κ2) is 25.7. The van der Waals surface area contributed by atoms with Gasteiger partial charge in [-0.05, 0) is 60.4 Å². The monoisotopic (exact) mass is 1000 g/mol. The molecule has 0 spiro atoms. The van der Waals surface area contributed by atoms with Crippen LogP contribution in [0.5, 0.6) is 0 Å². The fourth-order valence-corrected chi connectivity index (χ4v) is 6.83. The Morgan fingerprint density at radius 1 is 0.612 bits per heavy atom. The first kappa shape index (κ1) is 58.6. The van der Waals surface area contributed by atoms with Crippen molar-refractivity contribution in [2.45, 2.75) is 89.6 Å². The Kier molecular flexibility index (Phi) is 22.5. The topological polar surface area (TPSA) is 287 Å². The first-order chi connectivity index (χ1) is 30.6. The van der Waals surface area contributed by atoms with Gasteiger partial charge >= 0.3 is 37.7 Å². The summed E-state index contributed by atoms with van der Waals surface area (Å²) in [6.07, 6.45) is 1.16. The maximum absolute atomic E-state index is 13.5. The number of carbonyl (C=O) groups is 2. The zero-order chi connectivity index (χ0) is 49.8. The van der Waals surface area contributed by atoms with Crippen molar-refractivity contribution in [3.63, 3.8) is 0 Å². The number of nitrogens with zero attached hydrogens (tertiary/aromatic N) is 6. The van der Waals surface area contributed by atoms with Gasteiger partial charge < -0.3 is 40.2 Å². The molecule has 0 amide bonds. The maximum atomic E-state index is 13.5. The standard InChI is InChI=1S/2C22H28FN3O6S.Ca/c2*1-13(2)20-18(10-9-16(27)11-17(28)12-19(29)30)21(14-5-7-15(23)8-6-14)25-22(24-20)26(3)33(4,31)32;/h2*5-10,13,16-17,27-28H,11-12H2,1-4H3,(H,29,30);/q;;+2/p-2/t2*16-,17-;/m00./s1. The minimum atomic E-state index is -3.66. The number of benzene rings is 2. The quantitative estimate of drug-likeness (QED) is 0.0918. The van der Waals surface area contributed by atoms with Crippen molar-refractivity contribution < 1.29 is 65.8 Å². The van der Waals surface area contributed by atoms with Crippen LogP contribution in [0.4, 0.5) is 20.7 Å². The number of sulfonamides is 2. The van der Waals surface area contributed by atoms with Gasteiger partial charge in [0.2, 0.25) is 31.9 Å². The molecule has 4 N–H and O–H groups in total. The molecule has 18 nitrogen and oxygen atoms in total. The summed E-state index contributed by atoms with van der Waals surface area (Å²) in [7, 11) is -4.67. The average molecular weight is 1000 g/mol. The summed E-state index contributed by atoms with van der Waals surface area (Å²) < 4.78 is 77.1. The van der Waals surface area contributed by atoms with Gasteiger partial charge in [-0.15, -0.1) is 0 Å². The van der Waals surface area contributed by atoms with Gasteiger partial charge in [-0.1, -0.05) is 52.0 Å². The van der Waals surface area contributed by atoms with E-state index in [0.717, 1.165) is 21.1 Å². The molecule has 4 aromatic rings. The second-order valence-corrected chi connectivity index (χ2v) is 19.9. The summed E-state index contributed by atoms with van der Waals surface area (Å²) >= 11 is 0. The van der Waals surface area contributed by atoms with E-state index >= 15 is 0 Å². The van der Waals surface area contributed by atoms with Gasteiger partial charge in [0.05, 0.1) is 59.7 Å². The summed E-state index contributed by atoms with van der Waals surface area (Å²) in [5.41, 5.74) is 3.52. The number of anilines is 2. The molecule has 2 aromatic heterocycles. The molecule has 4 atom stereocenters. The first-order valence-electron chi connectivity index (χ1n) is 20.3. The molecule has 0 aliphatic carbocycles. The number of hydrogen-bond donors (Lipinski definition) is 4. The Morgan fingerprint density at radius 3 is 1.16 bits per heavy atom. The van der Waals surface area contributed by atoms with E-state index < -0.39 is 80.9 Å². The summed E-state index contributed by atoms with van der Waals surface area (Å²) in [4.78, 5) is 38.9. The van der Waals surface area contributed by atoms with Crippen LogP contribution in [-0.2, 0) is 29.6 Å². The van der Waals surface area contributed by atoms with Crippen LogP contribution in [0, 0.1) is 11.6 Å². The fourth-order valence-electron chi connectivity index (χ4n) is 6.07. The van der Waals surface area contributed by atoms with Crippen LogP contribution >= 0.6 is 0 Å². The van der Waals surface area contributed by atoms with E-state index in [-0.39, 0.29) is 74.3 Å². The van der Waals surface area contributed by atoms with Crippen molar-refractivity contribution >= 4 is 93.8 Å². The van der Waals surface area contributed by atoms with Gasteiger partial charge in [-0.3, -0.25) is 0 Å². The van der Waals surface area contributed by atoms with Gasteiger partial charge in [-0.25, -0.2) is 54.2 Å². The fraction of sp³-hybridized carbons (Fsp3) is 0.409. The van der Waals surface area contributed by atoms with Crippen LogP contribution in [0.15, 0.2) is 60.7 Å². The van der Waals surface area contributed by atoms with Crippen molar-refractivity contribution in [1.29, 1.82) is 0 Å². The number of halogens is 2. The van der Waals surface area contributed by atoms with Gasteiger partial charge in [0, 0.05) is 74.0 Å². The molecule has 2 aromatic carbocycles. The zero-order valence-corrected chi connectivity index (χ0v) is 42.1. The van der Waals surface area contributed by atoms with Crippen molar-refractivity contribution in [2.24, 2.45) is 0 Å². The van der Waals surface area contributed by atoms with Crippen LogP contribution < -0.4 is 18.8 Å². The Hall–Kier alpha value is -4.52. The van der Waals surface area contributed by atoms with Crippen LogP contribution in [0.3, 0.4) is 0 Å². The molecule has 0 fully saturated rings. The van der Waals surface area contributed by atoms with Gasteiger partial charge in [-0.2, -0.15) is 0 Å². The van der Waals surface area contributed by atoms with E-state index in [1.807, 2.05) is 27.7 Å². The molecular formula is C44H54CaF2N6O12S2. The number of aromatic nitrogens is 4. The SMILES string of the molecule is CC(C)c1nc(N(C)S(C)(=O)=O)nc(-c2ccc(F)cc2)c1C=C[C@H](O)C[C@H](O)CC(=O)[O-].CC(C)c1nc(N(C)S(C)(=O)=O)nc(-c2ccc(F)cc2)c1C=C[C@H](O)C[C@H](O)CC(=O)[O-].[Ca+2]. The number of carboxylic acid groups (broad SMARTS) is 2. The third-order valence-electron chi connectivity index (χ3n) is 9.62. The van der Waals surface area contributed by atoms with E-state index in [1.165, 1.54) is 86.9 Å². The van der Waals surface area contributed by atoms with E-state index in [9.17, 15) is 65.8 Å². The van der Waals surface area contributed by atoms with Gasteiger partial charge in [0.25, 0.3) is 0 Å². The maximum Gasteiger partial charge on any atom is 2.00 e. The zero-order valence-electron chi connectivity index (χ0n) is 38.2. The van der Waals surface area contributed by atoms with Gasteiger partial charge in [0.1, 0.15) is 11.6 Å². The Labute approximate surface area is 418 Å². The second-order valence-electron chi connectivity index (χ2n) is 15.9. The van der Waals surface area contributed by atoms with Crippen molar-refractivity contribution in [1.82, 2.24) is 19.9 Å². The molecule has 0 unspecified atom stereocenters. The molecule has 0 saturated heterocycles. The number of carbonyl (C=O) groups excluding carboxylic acids is 2. The molecule has 0 bridgehead atoms. The largest absolute Gasteiger partial charge is 2.00 e. The number of aliphatic hydroxyl groups excluding tert-OH is 4. The van der Waals surface area contributed by atoms with Gasteiger partial charge in [0.15, 0.2) is 0 Å². The molecule has 0 saturated carbocycles. The van der Waals surface area contributed by atoms with E-state index in [2.05, 4.69) is 19.9 Å².